The third kappa shape index (κ3) is 4.09. The largest absolute Gasteiger partial charge is 0.380 e. The summed E-state index contributed by atoms with van der Waals surface area (Å²) >= 11 is 0. The van der Waals surface area contributed by atoms with Crippen molar-refractivity contribution in [2.75, 3.05) is 29.1 Å². The molecule has 4 N–H and O–H groups in total. The van der Waals surface area contributed by atoms with Crippen LogP contribution in [0.25, 0.3) is 16.7 Å². The number of anilines is 3. The molecule has 0 bridgehead atoms. The van der Waals surface area contributed by atoms with Crippen molar-refractivity contribution in [2.24, 2.45) is 0 Å². The van der Waals surface area contributed by atoms with E-state index in [-0.39, 0.29) is 19.0 Å². The fourth-order valence-corrected chi connectivity index (χ4v) is 3.90. The minimum Gasteiger partial charge on any atom is -0.380 e. The number of rotatable bonds is 5. The van der Waals surface area contributed by atoms with E-state index in [1.807, 2.05) is 13.0 Å². The molecule has 0 radical (unpaired) electrons. The maximum Gasteiger partial charge on any atom is 0.260 e. The number of carbonyl (C=O) groups is 2. The number of aryl methyl sites for hydroxylation is 1. The van der Waals surface area contributed by atoms with E-state index in [9.17, 15) is 14.7 Å². The topological polar surface area (TPSA) is 162 Å². The van der Waals surface area contributed by atoms with Gasteiger partial charge in [-0.2, -0.15) is 0 Å². The van der Waals surface area contributed by atoms with E-state index in [1.54, 1.807) is 41.3 Å². The van der Waals surface area contributed by atoms with Crippen molar-refractivity contribution >= 4 is 40.1 Å². The molecule has 35 heavy (non-hydrogen) atoms. The first-order chi connectivity index (χ1) is 16.7. The molecular weight excluding hydrogens is 454 g/mol. The van der Waals surface area contributed by atoms with E-state index in [4.69, 9.17) is 15.0 Å². The number of aliphatic hydroxyl groups is 1. The Balaban J connectivity index is 1.34. The Bertz CT molecular complexity index is 1430. The maximum atomic E-state index is 13.3. The zero-order valence-electron chi connectivity index (χ0n) is 19.0. The van der Waals surface area contributed by atoms with Gasteiger partial charge in [0.1, 0.15) is 0 Å². The molecule has 3 aromatic heterocycles. The van der Waals surface area contributed by atoms with Crippen molar-refractivity contribution in [2.45, 2.75) is 25.6 Å². The number of nitrogens with zero attached hydrogens (tertiary/aromatic N) is 5. The van der Waals surface area contributed by atoms with Crippen LogP contribution in [0.3, 0.4) is 0 Å². The van der Waals surface area contributed by atoms with Crippen molar-refractivity contribution in [1.82, 2.24) is 19.9 Å². The predicted octanol–water partition coefficient (Wildman–Crippen LogP) is 1.42. The van der Waals surface area contributed by atoms with Crippen molar-refractivity contribution in [3.05, 3.63) is 54.5 Å². The van der Waals surface area contributed by atoms with Gasteiger partial charge in [-0.3, -0.25) is 19.5 Å². The summed E-state index contributed by atoms with van der Waals surface area (Å²) in [5.41, 5.74) is 5.87. The molecule has 4 aromatic rings. The summed E-state index contributed by atoms with van der Waals surface area (Å²) in [6.07, 6.45) is 1.96. The number of amides is 2. The van der Waals surface area contributed by atoms with Crippen LogP contribution in [0.15, 0.2) is 53.3 Å². The molecule has 4 heterocycles. The third-order valence-corrected chi connectivity index (χ3v) is 5.81. The summed E-state index contributed by atoms with van der Waals surface area (Å²) in [5, 5.41) is 22.4. The lowest BCUT2D eigenvalue weighted by molar-refractivity contribution is -0.165. The first kappa shape index (κ1) is 22.5. The quantitative estimate of drug-likeness (QED) is 0.386. The monoisotopic (exact) mass is 477 g/mol. The minimum atomic E-state index is -2.17. The number of benzene rings is 1. The molecule has 5 rings (SSSR count). The SMILES string of the molecule is Cc1cc(-n2ccc(N3CCO[C@H]([C@@](C)(O)C(=O)Nc4ccc5c(N)noc5c4)C3=O)n2)ccn1. The normalized spacial score (nSPS) is 18.0. The second-order valence-electron chi connectivity index (χ2n) is 8.40. The molecule has 180 valence electrons. The van der Waals surface area contributed by atoms with Crippen LogP contribution in [0.4, 0.5) is 17.3 Å². The molecule has 0 saturated carbocycles. The molecule has 12 heteroatoms. The van der Waals surface area contributed by atoms with Crippen LogP contribution < -0.4 is 16.0 Å². The highest BCUT2D eigenvalue weighted by Crippen LogP contribution is 2.27. The van der Waals surface area contributed by atoms with E-state index in [1.165, 1.54) is 17.9 Å². The number of nitrogen functional groups attached to an aromatic ring is 1. The standard InChI is InChI=1S/C23H23N7O5/c1-13-11-15(5-7-25-13)30-8-6-18(27-30)29-9-10-34-19(21(29)31)23(2,33)22(32)26-14-3-4-16-17(12-14)35-28-20(16)24/h3-8,11-12,19,33H,9-10H2,1-2H3,(H2,24,28)(H,26,32)/t19-,23+/m0/s1. The Hall–Kier alpha value is -4.29. The highest BCUT2D eigenvalue weighted by atomic mass is 16.5. The summed E-state index contributed by atoms with van der Waals surface area (Å²) in [5.74, 6) is -0.789. The number of nitrogens with two attached hydrogens (primary N) is 1. The van der Waals surface area contributed by atoms with Crippen LogP contribution in [0, 0.1) is 6.92 Å². The van der Waals surface area contributed by atoms with Crippen molar-refractivity contribution in [3.8, 4) is 5.69 Å². The number of carbonyl (C=O) groups excluding carboxylic acids is 2. The van der Waals surface area contributed by atoms with Crippen LogP contribution in [0.5, 0.6) is 0 Å². The van der Waals surface area contributed by atoms with Crippen molar-refractivity contribution < 1.29 is 24.0 Å². The van der Waals surface area contributed by atoms with Gasteiger partial charge < -0.3 is 25.4 Å². The van der Waals surface area contributed by atoms with Gasteiger partial charge >= 0.3 is 0 Å². The highest BCUT2D eigenvalue weighted by Gasteiger charge is 2.48. The molecule has 1 saturated heterocycles. The zero-order valence-corrected chi connectivity index (χ0v) is 19.0. The number of nitrogens with one attached hydrogen (secondary N) is 1. The fourth-order valence-electron chi connectivity index (χ4n) is 3.90. The second kappa shape index (κ2) is 8.49. The average Bonchev–Trinajstić information content (AvgIpc) is 3.46. The Morgan fingerprint density at radius 1 is 1.29 bits per heavy atom. The van der Waals surface area contributed by atoms with Crippen molar-refractivity contribution in [3.63, 3.8) is 0 Å². The number of hydrogen-bond donors (Lipinski definition) is 3. The van der Waals surface area contributed by atoms with Crippen LogP contribution in [0.2, 0.25) is 0 Å². The summed E-state index contributed by atoms with van der Waals surface area (Å²) in [4.78, 5) is 31.8. The second-order valence-corrected chi connectivity index (χ2v) is 8.40. The molecular formula is C23H23N7O5. The van der Waals surface area contributed by atoms with E-state index in [0.29, 0.717) is 22.5 Å². The van der Waals surface area contributed by atoms with Gasteiger partial charge in [-0.05, 0) is 38.1 Å². The van der Waals surface area contributed by atoms with Gasteiger partial charge in [-0.25, -0.2) is 4.68 Å². The molecule has 2 amide bonds. The molecule has 0 spiro atoms. The smallest absolute Gasteiger partial charge is 0.260 e. The fraction of sp³-hybridized carbons (Fsp3) is 0.261. The average molecular weight is 477 g/mol. The Morgan fingerprint density at radius 3 is 2.91 bits per heavy atom. The number of aromatic nitrogens is 4. The molecule has 12 nitrogen and oxygen atoms in total. The Morgan fingerprint density at radius 2 is 2.11 bits per heavy atom. The Kier molecular flexibility index (Phi) is 5.46. The molecule has 0 unspecified atom stereocenters. The first-order valence-corrected chi connectivity index (χ1v) is 10.8. The lowest BCUT2D eigenvalue weighted by Gasteiger charge is -2.37. The predicted molar refractivity (Wildman–Crippen MR) is 126 cm³/mol. The van der Waals surface area contributed by atoms with Crippen LogP contribution in [-0.4, -0.2) is 61.7 Å². The van der Waals surface area contributed by atoms with Gasteiger partial charge in [0.05, 0.1) is 24.2 Å². The van der Waals surface area contributed by atoms with Gasteiger partial charge in [0.2, 0.25) is 0 Å². The van der Waals surface area contributed by atoms with Crippen LogP contribution in [0.1, 0.15) is 12.6 Å². The van der Waals surface area contributed by atoms with E-state index < -0.39 is 23.5 Å². The number of morpholine rings is 1. The summed E-state index contributed by atoms with van der Waals surface area (Å²) in [6.45, 7) is 3.45. The van der Waals surface area contributed by atoms with Gasteiger partial charge in [-0.1, -0.05) is 5.16 Å². The van der Waals surface area contributed by atoms with Crippen LogP contribution >= 0.6 is 0 Å². The molecule has 1 aliphatic rings. The Labute approximate surface area is 199 Å². The number of fused-ring (bicyclic) bond motifs is 1. The van der Waals surface area contributed by atoms with Gasteiger partial charge in [0.15, 0.2) is 28.9 Å². The highest BCUT2D eigenvalue weighted by molar-refractivity contribution is 6.06. The maximum absolute atomic E-state index is 13.3. The van der Waals surface area contributed by atoms with Gasteiger partial charge in [0.25, 0.3) is 11.8 Å². The summed E-state index contributed by atoms with van der Waals surface area (Å²) < 4.78 is 12.3. The lowest BCUT2D eigenvalue weighted by atomic mass is 9.95. The lowest BCUT2D eigenvalue weighted by Crippen LogP contribution is -2.61. The number of ether oxygens (including phenoxy) is 1. The first-order valence-electron chi connectivity index (χ1n) is 10.8. The van der Waals surface area contributed by atoms with Gasteiger partial charge in [0, 0.05) is 35.9 Å². The summed E-state index contributed by atoms with van der Waals surface area (Å²) in [7, 11) is 0. The molecule has 1 fully saturated rings. The minimum absolute atomic E-state index is 0.115. The molecule has 1 aliphatic heterocycles. The van der Waals surface area contributed by atoms with E-state index in [0.717, 1.165) is 11.4 Å². The third-order valence-electron chi connectivity index (χ3n) is 5.81. The van der Waals surface area contributed by atoms with E-state index >= 15 is 0 Å². The number of pyridine rings is 1. The molecule has 0 aliphatic carbocycles. The van der Waals surface area contributed by atoms with E-state index in [2.05, 4.69) is 20.6 Å². The molecule has 2 atom stereocenters. The molecule has 1 aromatic carbocycles. The van der Waals surface area contributed by atoms with Gasteiger partial charge in [-0.15, -0.1) is 5.10 Å². The van der Waals surface area contributed by atoms with Crippen LogP contribution in [-0.2, 0) is 14.3 Å². The number of hydrogen-bond acceptors (Lipinski definition) is 9. The zero-order chi connectivity index (χ0) is 24.7. The summed E-state index contributed by atoms with van der Waals surface area (Å²) in [6, 6.07) is 10.1. The van der Waals surface area contributed by atoms with Crippen molar-refractivity contribution in [1.29, 1.82) is 0 Å².